The van der Waals surface area contributed by atoms with E-state index in [1.54, 1.807) is 6.07 Å². The molecule has 0 aliphatic rings. The van der Waals surface area contributed by atoms with Crippen molar-refractivity contribution >= 4 is 22.2 Å². The van der Waals surface area contributed by atoms with E-state index in [0.29, 0.717) is 5.69 Å². The van der Waals surface area contributed by atoms with Gasteiger partial charge in [-0.3, -0.25) is 4.79 Å². The van der Waals surface area contributed by atoms with Gasteiger partial charge in [-0.2, -0.15) is 0 Å². The second-order valence-electron chi connectivity index (χ2n) is 3.33. The van der Waals surface area contributed by atoms with Crippen LogP contribution in [-0.4, -0.2) is 10.9 Å². The van der Waals surface area contributed by atoms with Gasteiger partial charge in [0.1, 0.15) is 0 Å². The molecule has 0 atom stereocenters. The number of aldehydes is 1. The van der Waals surface area contributed by atoms with Crippen LogP contribution in [0.5, 0.6) is 0 Å². The summed E-state index contributed by atoms with van der Waals surface area (Å²) in [5.41, 5.74) is 2.80. The molecule has 2 nitrogen and oxygen atoms in total. The maximum absolute atomic E-state index is 10.8. The van der Waals surface area contributed by atoms with Crippen LogP contribution in [0, 0.1) is 6.92 Å². The Labute approximate surface area is 96.7 Å². The Morgan fingerprint density at radius 3 is 2.73 bits per heavy atom. The number of carbonyl (C=O) groups excluding carboxylic acids is 1. The highest BCUT2D eigenvalue weighted by Crippen LogP contribution is 2.25. The summed E-state index contributed by atoms with van der Waals surface area (Å²) in [7, 11) is 0. The maximum Gasteiger partial charge on any atom is 0.166 e. The number of hydrogen-bond donors (Lipinski definition) is 0. The van der Waals surface area contributed by atoms with Crippen LogP contribution >= 0.6 is 15.9 Å². The van der Waals surface area contributed by atoms with Crippen molar-refractivity contribution in [3.8, 4) is 5.69 Å². The first-order valence-electron chi connectivity index (χ1n) is 4.62. The highest BCUT2D eigenvalue weighted by Gasteiger charge is 2.08. The zero-order valence-corrected chi connectivity index (χ0v) is 9.86. The largest absolute Gasteiger partial charge is 0.313 e. The van der Waals surface area contributed by atoms with Crippen LogP contribution in [0.25, 0.3) is 5.69 Å². The third-order valence-corrected chi connectivity index (χ3v) is 2.97. The van der Waals surface area contributed by atoms with Gasteiger partial charge in [-0.15, -0.1) is 0 Å². The molecular formula is C12H10BrNO. The number of carbonyl (C=O) groups is 1. The molecule has 2 aromatic rings. The molecule has 0 radical (unpaired) electrons. The highest BCUT2D eigenvalue weighted by molar-refractivity contribution is 9.10. The number of rotatable bonds is 2. The van der Waals surface area contributed by atoms with Crippen molar-refractivity contribution in [2.45, 2.75) is 6.92 Å². The standard InChI is InChI=1S/C12H10BrNO/c1-9-4-2-6-11(13)12(9)14-7-3-5-10(14)8-15/h2-8H,1H3. The third kappa shape index (κ3) is 1.75. The zero-order valence-electron chi connectivity index (χ0n) is 8.27. The predicted octanol–water partition coefficient (Wildman–Crippen LogP) is 3.36. The van der Waals surface area contributed by atoms with Gasteiger partial charge in [-0.25, -0.2) is 0 Å². The minimum absolute atomic E-state index is 0.657. The van der Waals surface area contributed by atoms with Gasteiger partial charge < -0.3 is 4.57 Å². The predicted molar refractivity (Wildman–Crippen MR) is 63.6 cm³/mol. The molecule has 15 heavy (non-hydrogen) atoms. The number of aryl methyl sites for hydroxylation is 1. The fraction of sp³-hybridized carbons (Fsp3) is 0.0833. The molecule has 1 heterocycles. The molecular weight excluding hydrogens is 254 g/mol. The van der Waals surface area contributed by atoms with E-state index in [2.05, 4.69) is 15.9 Å². The molecule has 0 N–H and O–H groups in total. The lowest BCUT2D eigenvalue weighted by molar-refractivity contribution is 0.111. The zero-order chi connectivity index (χ0) is 10.8. The minimum Gasteiger partial charge on any atom is -0.313 e. The van der Waals surface area contributed by atoms with Crippen molar-refractivity contribution in [3.63, 3.8) is 0 Å². The topological polar surface area (TPSA) is 22.0 Å². The Morgan fingerprint density at radius 2 is 2.07 bits per heavy atom. The first-order chi connectivity index (χ1) is 7.24. The summed E-state index contributed by atoms with van der Waals surface area (Å²) in [4.78, 5) is 10.8. The average Bonchev–Trinajstić information content (AvgIpc) is 2.65. The number of halogens is 1. The molecule has 0 spiro atoms. The van der Waals surface area contributed by atoms with E-state index in [9.17, 15) is 4.79 Å². The van der Waals surface area contributed by atoms with Gasteiger partial charge in [-0.05, 0) is 46.6 Å². The van der Waals surface area contributed by atoms with Crippen LogP contribution < -0.4 is 0 Å². The van der Waals surface area contributed by atoms with E-state index in [1.165, 1.54) is 0 Å². The molecule has 0 amide bonds. The second kappa shape index (κ2) is 4.03. The van der Waals surface area contributed by atoms with Crippen LogP contribution in [0.15, 0.2) is 41.0 Å². The fourth-order valence-corrected chi connectivity index (χ4v) is 2.28. The monoisotopic (exact) mass is 263 g/mol. The van der Waals surface area contributed by atoms with Crippen molar-refractivity contribution in [1.29, 1.82) is 0 Å². The highest BCUT2D eigenvalue weighted by atomic mass is 79.9. The average molecular weight is 264 g/mol. The Bertz CT molecular complexity index is 482. The van der Waals surface area contributed by atoms with Crippen LogP contribution in [0.2, 0.25) is 0 Å². The summed E-state index contributed by atoms with van der Waals surface area (Å²) in [6.07, 6.45) is 2.75. The summed E-state index contributed by atoms with van der Waals surface area (Å²) >= 11 is 3.50. The van der Waals surface area contributed by atoms with Gasteiger partial charge in [0.25, 0.3) is 0 Å². The Morgan fingerprint density at radius 1 is 1.27 bits per heavy atom. The van der Waals surface area contributed by atoms with Crippen LogP contribution in [0.4, 0.5) is 0 Å². The lowest BCUT2D eigenvalue weighted by Gasteiger charge is -2.11. The van der Waals surface area contributed by atoms with Gasteiger partial charge in [0.2, 0.25) is 0 Å². The maximum atomic E-state index is 10.8. The smallest absolute Gasteiger partial charge is 0.166 e. The summed E-state index contributed by atoms with van der Waals surface area (Å²) in [6.45, 7) is 2.02. The lowest BCUT2D eigenvalue weighted by atomic mass is 10.2. The van der Waals surface area contributed by atoms with Gasteiger partial charge in [-0.1, -0.05) is 12.1 Å². The molecule has 2 rings (SSSR count). The van der Waals surface area contributed by atoms with Crippen molar-refractivity contribution in [2.75, 3.05) is 0 Å². The Hall–Kier alpha value is -1.35. The Kier molecular flexibility index (Phi) is 2.73. The fourth-order valence-electron chi connectivity index (χ4n) is 1.62. The van der Waals surface area contributed by atoms with Gasteiger partial charge >= 0.3 is 0 Å². The minimum atomic E-state index is 0.657. The van der Waals surface area contributed by atoms with Crippen molar-refractivity contribution in [1.82, 2.24) is 4.57 Å². The van der Waals surface area contributed by atoms with E-state index < -0.39 is 0 Å². The van der Waals surface area contributed by atoms with Gasteiger partial charge in [0.05, 0.1) is 11.4 Å². The molecule has 0 aliphatic heterocycles. The summed E-state index contributed by atoms with van der Waals surface area (Å²) in [5.74, 6) is 0. The van der Waals surface area contributed by atoms with Crippen LogP contribution in [0.1, 0.15) is 16.1 Å². The SMILES string of the molecule is Cc1cccc(Br)c1-n1cccc1C=O. The first-order valence-corrected chi connectivity index (χ1v) is 5.41. The second-order valence-corrected chi connectivity index (χ2v) is 4.18. The van der Waals surface area contributed by atoms with Gasteiger partial charge in [0, 0.05) is 10.7 Å². The van der Waals surface area contributed by atoms with Crippen molar-refractivity contribution in [3.05, 3.63) is 52.3 Å². The van der Waals surface area contributed by atoms with Crippen LogP contribution in [0.3, 0.4) is 0 Å². The number of nitrogens with zero attached hydrogens (tertiary/aromatic N) is 1. The van der Waals surface area contributed by atoms with E-state index >= 15 is 0 Å². The van der Waals surface area contributed by atoms with Crippen molar-refractivity contribution < 1.29 is 4.79 Å². The molecule has 0 saturated heterocycles. The molecule has 0 aliphatic carbocycles. The lowest BCUT2D eigenvalue weighted by Crippen LogP contribution is -2.00. The van der Waals surface area contributed by atoms with Gasteiger partial charge in [0.15, 0.2) is 6.29 Å². The molecule has 1 aromatic carbocycles. The Balaban J connectivity index is 2.68. The number of hydrogen-bond acceptors (Lipinski definition) is 1. The third-order valence-electron chi connectivity index (χ3n) is 2.33. The molecule has 0 unspecified atom stereocenters. The number of benzene rings is 1. The molecule has 0 bridgehead atoms. The number of aromatic nitrogens is 1. The summed E-state index contributed by atoms with van der Waals surface area (Å²) in [5, 5.41) is 0. The van der Waals surface area contributed by atoms with Crippen molar-refractivity contribution in [2.24, 2.45) is 0 Å². The van der Waals surface area contributed by atoms with Crippen LogP contribution in [-0.2, 0) is 0 Å². The van der Waals surface area contributed by atoms with E-state index in [1.807, 2.05) is 42.0 Å². The molecule has 0 fully saturated rings. The molecule has 3 heteroatoms. The van der Waals surface area contributed by atoms with E-state index in [0.717, 1.165) is 22.0 Å². The number of para-hydroxylation sites is 1. The van der Waals surface area contributed by atoms with E-state index in [-0.39, 0.29) is 0 Å². The molecule has 0 saturated carbocycles. The first kappa shape index (κ1) is 10.2. The normalized spacial score (nSPS) is 10.3. The molecule has 76 valence electrons. The summed E-state index contributed by atoms with van der Waals surface area (Å²) in [6, 6.07) is 9.63. The van der Waals surface area contributed by atoms with E-state index in [4.69, 9.17) is 0 Å². The molecule has 1 aromatic heterocycles. The summed E-state index contributed by atoms with van der Waals surface area (Å²) < 4.78 is 2.87. The quantitative estimate of drug-likeness (QED) is 0.762.